The van der Waals surface area contributed by atoms with Gasteiger partial charge in [0.05, 0.1) is 19.1 Å². The number of aliphatic hydroxyl groups is 1. The molecule has 0 aromatic rings. The third-order valence-corrected chi connectivity index (χ3v) is 2.76. The molecular formula is C13H24O3. The van der Waals surface area contributed by atoms with Crippen molar-refractivity contribution in [2.24, 2.45) is 11.8 Å². The van der Waals surface area contributed by atoms with Gasteiger partial charge in [0.15, 0.2) is 0 Å². The Morgan fingerprint density at radius 1 is 1.50 bits per heavy atom. The second-order valence-corrected chi connectivity index (χ2v) is 4.79. The predicted octanol–water partition coefficient (Wildman–Crippen LogP) is 2.54. The summed E-state index contributed by atoms with van der Waals surface area (Å²) in [7, 11) is 1.32. The smallest absolute Gasteiger partial charge is 0.308 e. The number of esters is 1. The maximum absolute atomic E-state index is 11.1. The molecule has 2 unspecified atom stereocenters. The second kappa shape index (κ2) is 6.69. The van der Waals surface area contributed by atoms with Gasteiger partial charge in [-0.05, 0) is 25.2 Å². The quantitative estimate of drug-likeness (QED) is 0.561. The van der Waals surface area contributed by atoms with E-state index in [1.165, 1.54) is 7.11 Å². The van der Waals surface area contributed by atoms with Crippen molar-refractivity contribution >= 4 is 5.97 Å². The van der Waals surface area contributed by atoms with Crippen LogP contribution in [0.2, 0.25) is 0 Å². The van der Waals surface area contributed by atoms with E-state index < -0.39 is 11.6 Å². The van der Waals surface area contributed by atoms with E-state index in [-0.39, 0.29) is 6.42 Å². The van der Waals surface area contributed by atoms with E-state index in [4.69, 9.17) is 0 Å². The van der Waals surface area contributed by atoms with Crippen LogP contribution in [0.25, 0.3) is 0 Å². The van der Waals surface area contributed by atoms with Gasteiger partial charge in [0.25, 0.3) is 0 Å². The van der Waals surface area contributed by atoms with Crippen LogP contribution in [-0.2, 0) is 9.53 Å². The highest BCUT2D eigenvalue weighted by atomic mass is 16.5. The van der Waals surface area contributed by atoms with Gasteiger partial charge in [-0.15, -0.1) is 0 Å². The van der Waals surface area contributed by atoms with Crippen molar-refractivity contribution in [1.29, 1.82) is 0 Å². The van der Waals surface area contributed by atoms with E-state index in [1.807, 2.05) is 6.08 Å². The highest BCUT2D eigenvalue weighted by Gasteiger charge is 2.22. The number of hydrogen-bond acceptors (Lipinski definition) is 3. The second-order valence-electron chi connectivity index (χ2n) is 4.79. The molecule has 1 N–H and O–H groups in total. The first kappa shape index (κ1) is 15.2. The maximum atomic E-state index is 11.1. The first-order valence-corrected chi connectivity index (χ1v) is 5.81. The number of carbonyl (C=O) groups excluding carboxylic acids is 1. The van der Waals surface area contributed by atoms with Gasteiger partial charge in [-0.25, -0.2) is 0 Å². The summed E-state index contributed by atoms with van der Waals surface area (Å²) in [6, 6.07) is 0. The van der Waals surface area contributed by atoms with Crippen molar-refractivity contribution < 1.29 is 14.6 Å². The molecule has 3 heteroatoms. The minimum Gasteiger partial charge on any atom is -0.469 e. The van der Waals surface area contributed by atoms with Crippen molar-refractivity contribution in [1.82, 2.24) is 0 Å². The lowest BCUT2D eigenvalue weighted by Gasteiger charge is -2.20. The van der Waals surface area contributed by atoms with Crippen molar-refractivity contribution in [2.75, 3.05) is 7.11 Å². The average molecular weight is 228 g/mol. The first-order chi connectivity index (χ1) is 7.32. The molecule has 3 nitrogen and oxygen atoms in total. The summed E-state index contributed by atoms with van der Waals surface area (Å²) < 4.78 is 4.53. The van der Waals surface area contributed by atoms with Crippen LogP contribution in [0, 0.1) is 11.8 Å². The summed E-state index contributed by atoms with van der Waals surface area (Å²) in [6.07, 6.45) is 4.72. The van der Waals surface area contributed by atoms with Crippen molar-refractivity contribution in [3.8, 4) is 0 Å². The molecule has 0 bridgehead atoms. The number of hydrogen-bond donors (Lipinski definition) is 1. The molecule has 0 spiro atoms. The van der Waals surface area contributed by atoms with Crippen LogP contribution in [0.4, 0.5) is 0 Å². The maximum Gasteiger partial charge on any atom is 0.308 e. The van der Waals surface area contributed by atoms with Gasteiger partial charge < -0.3 is 9.84 Å². The van der Waals surface area contributed by atoms with Gasteiger partial charge in [0.2, 0.25) is 0 Å². The Hall–Kier alpha value is -0.830. The zero-order valence-corrected chi connectivity index (χ0v) is 11.0. The van der Waals surface area contributed by atoms with Gasteiger partial charge in [-0.1, -0.05) is 32.9 Å². The Bertz CT molecular complexity index is 242. The van der Waals surface area contributed by atoms with Crippen LogP contribution in [0.1, 0.15) is 40.5 Å². The molecule has 0 aromatic heterocycles. The van der Waals surface area contributed by atoms with E-state index in [1.54, 1.807) is 13.0 Å². The predicted molar refractivity (Wildman–Crippen MR) is 65.0 cm³/mol. The van der Waals surface area contributed by atoms with Gasteiger partial charge >= 0.3 is 5.97 Å². The van der Waals surface area contributed by atoms with Crippen molar-refractivity contribution in [2.45, 2.75) is 46.1 Å². The number of rotatable bonds is 6. The molecule has 0 heterocycles. The summed E-state index contributed by atoms with van der Waals surface area (Å²) in [4.78, 5) is 11.1. The molecule has 0 rings (SSSR count). The molecule has 0 fully saturated rings. The lowest BCUT2D eigenvalue weighted by molar-refractivity contribution is -0.144. The Kier molecular flexibility index (Phi) is 6.34. The summed E-state index contributed by atoms with van der Waals surface area (Å²) in [6.45, 7) is 8.03. The largest absolute Gasteiger partial charge is 0.469 e. The molecule has 0 aromatic carbocycles. The Morgan fingerprint density at radius 3 is 2.44 bits per heavy atom. The zero-order chi connectivity index (χ0) is 12.8. The number of allylic oxidation sites excluding steroid dienone is 1. The third-order valence-electron chi connectivity index (χ3n) is 2.76. The summed E-state index contributed by atoms with van der Waals surface area (Å²) in [5.74, 6) is 0.576. The summed E-state index contributed by atoms with van der Waals surface area (Å²) in [5, 5.41) is 9.95. The molecule has 2 atom stereocenters. The van der Waals surface area contributed by atoms with Crippen LogP contribution >= 0.6 is 0 Å². The Labute approximate surface area is 98.5 Å². The number of ether oxygens (including phenoxy) is 1. The third kappa shape index (κ3) is 5.91. The zero-order valence-electron chi connectivity index (χ0n) is 11.0. The summed E-state index contributed by atoms with van der Waals surface area (Å²) >= 11 is 0. The Balaban J connectivity index is 4.43. The van der Waals surface area contributed by atoms with Crippen LogP contribution in [0.3, 0.4) is 0 Å². The molecule has 0 radical (unpaired) electrons. The van der Waals surface area contributed by atoms with Gasteiger partial charge in [0.1, 0.15) is 0 Å². The van der Waals surface area contributed by atoms with E-state index in [0.717, 1.165) is 6.42 Å². The van der Waals surface area contributed by atoms with Gasteiger partial charge in [0, 0.05) is 0 Å². The lowest BCUT2D eigenvalue weighted by atomic mass is 9.90. The van der Waals surface area contributed by atoms with E-state index >= 15 is 0 Å². The van der Waals surface area contributed by atoms with Crippen LogP contribution < -0.4 is 0 Å². The normalized spacial score (nSPS) is 17.4. The van der Waals surface area contributed by atoms with E-state index in [2.05, 4.69) is 25.5 Å². The fraction of sp³-hybridized carbons (Fsp3) is 0.769. The highest BCUT2D eigenvalue weighted by molar-refractivity contribution is 5.70. The summed E-state index contributed by atoms with van der Waals surface area (Å²) in [5.41, 5.74) is -1.12. The molecule has 0 saturated carbocycles. The molecular weight excluding hydrogens is 204 g/mol. The molecule has 0 saturated heterocycles. The standard InChI is InChI=1S/C13H24O3/c1-6-11(10(2)3)7-8-13(4,15)9-12(14)16-5/h7-8,10-11,15H,6,9H2,1-5H3. The van der Waals surface area contributed by atoms with Gasteiger partial charge in [-0.2, -0.15) is 0 Å². The SMILES string of the molecule is CCC(C=CC(C)(O)CC(=O)OC)C(C)C. The fourth-order valence-electron chi connectivity index (χ4n) is 1.58. The highest BCUT2D eigenvalue weighted by Crippen LogP contribution is 2.20. The molecule has 16 heavy (non-hydrogen) atoms. The van der Waals surface area contributed by atoms with Crippen molar-refractivity contribution in [3.63, 3.8) is 0 Å². The average Bonchev–Trinajstić information content (AvgIpc) is 2.17. The molecule has 0 aliphatic carbocycles. The topological polar surface area (TPSA) is 46.5 Å². The Morgan fingerprint density at radius 2 is 2.06 bits per heavy atom. The van der Waals surface area contributed by atoms with Crippen molar-refractivity contribution in [3.05, 3.63) is 12.2 Å². The molecule has 0 aliphatic heterocycles. The number of carbonyl (C=O) groups is 1. The van der Waals surface area contributed by atoms with Gasteiger partial charge in [-0.3, -0.25) is 4.79 Å². The van der Waals surface area contributed by atoms with Crippen LogP contribution in [0.15, 0.2) is 12.2 Å². The lowest BCUT2D eigenvalue weighted by Crippen LogP contribution is -2.26. The minimum absolute atomic E-state index is 0.00543. The van der Waals surface area contributed by atoms with E-state index in [0.29, 0.717) is 11.8 Å². The van der Waals surface area contributed by atoms with Crippen LogP contribution in [0.5, 0.6) is 0 Å². The molecule has 0 amide bonds. The first-order valence-electron chi connectivity index (χ1n) is 5.81. The fourth-order valence-corrected chi connectivity index (χ4v) is 1.58. The minimum atomic E-state index is -1.12. The van der Waals surface area contributed by atoms with Crippen LogP contribution in [-0.4, -0.2) is 23.8 Å². The monoisotopic (exact) mass is 228 g/mol. The molecule has 94 valence electrons. The number of methoxy groups -OCH3 is 1. The molecule has 0 aliphatic rings. The van der Waals surface area contributed by atoms with E-state index in [9.17, 15) is 9.90 Å².